The lowest BCUT2D eigenvalue weighted by atomic mass is 9.90. The second-order valence-electron chi connectivity index (χ2n) is 4.31. The maximum absolute atomic E-state index is 14.2. The standard InChI is InChI=1S/C14H21F3O2/c1-6-8-13(11(2)3,19-12(4)5)14(16,17)18-10-7-9-15/h6H,1-2,4,7-10H2,3,5H3. The highest BCUT2D eigenvalue weighted by Gasteiger charge is 2.57. The van der Waals surface area contributed by atoms with Crippen LogP contribution in [0.2, 0.25) is 0 Å². The topological polar surface area (TPSA) is 18.5 Å². The van der Waals surface area contributed by atoms with Crippen molar-refractivity contribution in [3.8, 4) is 0 Å². The zero-order valence-electron chi connectivity index (χ0n) is 11.5. The zero-order valence-corrected chi connectivity index (χ0v) is 11.5. The van der Waals surface area contributed by atoms with Crippen molar-refractivity contribution in [3.05, 3.63) is 37.1 Å². The maximum atomic E-state index is 14.2. The van der Waals surface area contributed by atoms with Crippen molar-refractivity contribution < 1.29 is 22.6 Å². The second kappa shape index (κ2) is 7.38. The molecule has 0 saturated carbocycles. The van der Waals surface area contributed by atoms with Crippen LogP contribution in [0.1, 0.15) is 26.7 Å². The van der Waals surface area contributed by atoms with E-state index in [1.54, 1.807) is 0 Å². The number of hydrogen-bond acceptors (Lipinski definition) is 2. The van der Waals surface area contributed by atoms with Crippen LogP contribution in [0.15, 0.2) is 37.1 Å². The molecule has 19 heavy (non-hydrogen) atoms. The van der Waals surface area contributed by atoms with Crippen molar-refractivity contribution in [1.82, 2.24) is 0 Å². The number of ether oxygens (including phenoxy) is 2. The molecule has 0 aromatic heterocycles. The molecule has 0 amide bonds. The third-order valence-electron chi connectivity index (χ3n) is 2.50. The van der Waals surface area contributed by atoms with Crippen molar-refractivity contribution in [2.75, 3.05) is 13.3 Å². The van der Waals surface area contributed by atoms with Gasteiger partial charge in [-0.05, 0) is 25.8 Å². The number of allylic oxidation sites excluding steroid dienone is 1. The predicted octanol–water partition coefficient (Wildman–Crippen LogP) is 4.40. The molecule has 0 fully saturated rings. The van der Waals surface area contributed by atoms with Crippen LogP contribution in [0.4, 0.5) is 13.2 Å². The Hall–Kier alpha value is -1.23. The fourth-order valence-corrected chi connectivity index (χ4v) is 1.60. The minimum absolute atomic E-state index is 0.0839. The average molecular weight is 278 g/mol. The van der Waals surface area contributed by atoms with Gasteiger partial charge in [0.2, 0.25) is 5.60 Å². The Kier molecular flexibility index (Phi) is 6.90. The molecular weight excluding hydrogens is 257 g/mol. The van der Waals surface area contributed by atoms with E-state index in [2.05, 4.69) is 24.5 Å². The summed E-state index contributed by atoms with van der Waals surface area (Å²) in [6.07, 6.45) is -2.66. The molecule has 0 aromatic carbocycles. The fraction of sp³-hybridized carbons (Fsp3) is 0.571. The molecule has 0 aliphatic carbocycles. The summed E-state index contributed by atoms with van der Waals surface area (Å²) < 4.78 is 50.2. The van der Waals surface area contributed by atoms with Gasteiger partial charge in [0.1, 0.15) is 0 Å². The van der Waals surface area contributed by atoms with E-state index in [1.165, 1.54) is 19.9 Å². The Morgan fingerprint density at radius 1 is 1.26 bits per heavy atom. The molecule has 1 unspecified atom stereocenters. The Labute approximate surface area is 112 Å². The van der Waals surface area contributed by atoms with E-state index >= 15 is 0 Å². The molecule has 0 rings (SSSR count). The number of hydrogen-bond donors (Lipinski definition) is 0. The Morgan fingerprint density at radius 2 is 1.84 bits per heavy atom. The summed E-state index contributed by atoms with van der Waals surface area (Å²) in [7, 11) is 0. The lowest BCUT2D eigenvalue weighted by molar-refractivity contribution is -0.321. The molecule has 0 aliphatic heterocycles. The third-order valence-corrected chi connectivity index (χ3v) is 2.50. The van der Waals surface area contributed by atoms with Gasteiger partial charge in [0, 0.05) is 6.42 Å². The van der Waals surface area contributed by atoms with Crippen LogP contribution in [-0.4, -0.2) is 25.0 Å². The lowest BCUT2D eigenvalue weighted by Gasteiger charge is -2.39. The molecular formula is C14H21F3O2. The van der Waals surface area contributed by atoms with Gasteiger partial charge in [-0.25, -0.2) is 0 Å². The van der Waals surface area contributed by atoms with Crippen LogP contribution in [0, 0.1) is 0 Å². The van der Waals surface area contributed by atoms with Gasteiger partial charge in [-0.2, -0.15) is 8.78 Å². The van der Waals surface area contributed by atoms with E-state index in [0.717, 1.165) is 0 Å². The lowest BCUT2D eigenvalue weighted by Crippen LogP contribution is -2.52. The quantitative estimate of drug-likeness (QED) is 0.335. The number of halogens is 3. The van der Waals surface area contributed by atoms with Crippen molar-refractivity contribution in [1.29, 1.82) is 0 Å². The van der Waals surface area contributed by atoms with E-state index in [-0.39, 0.29) is 24.2 Å². The molecule has 0 radical (unpaired) electrons. The molecule has 110 valence electrons. The minimum Gasteiger partial charge on any atom is -0.479 e. The summed E-state index contributed by atoms with van der Waals surface area (Å²) in [6.45, 7) is 12.2. The highest BCUT2D eigenvalue weighted by atomic mass is 19.3. The number of rotatable bonds is 10. The first-order valence-electron chi connectivity index (χ1n) is 5.92. The van der Waals surface area contributed by atoms with Crippen LogP contribution in [0.25, 0.3) is 0 Å². The van der Waals surface area contributed by atoms with Gasteiger partial charge < -0.3 is 9.47 Å². The first-order valence-corrected chi connectivity index (χ1v) is 5.92. The zero-order chi connectivity index (χ0) is 15.1. The highest BCUT2D eigenvalue weighted by molar-refractivity contribution is 5.18. The molecule has 0 N–H and O–H groups in total. The van der Waals surface area contributed by atoms with Crippen LogP contribution < -0.4 is 0 Å². The molecule has 0 heterocycles. The first-order chi connectivity index (χ1) is 8.73. The highest BCUT2D eigenvalue weighted by Crippen LogP contribution is 2.42. The van der Waals surface area contributed by atoms with Crippen molar-refractivity contribution in [2.24, 2.45) is 0 Å². The van der Waals surface area contributed by atoms with Crippen LogP contribution in [0.3, 0.4) is 0 Å². The van der Waals surface area contributed by atoms with Crippen LogP contribution in [0.5, 0.6) is 0 Å². The number of alkyl halides is 3. The average Bonchev–Trinajstić information content (AvgIpc) is 2.27. The Morgan fingerprint density at radius 3 is 2.21 bits per heavy atom. The molecule has 2 nitrogen and oxygen atoms in total. The summed E-state index contributed by atoms with van der Waals surface area (Å²) in [6, 6.07) is 0. The first kappa shape index (κ1) is 17.8. The summed E-state index contributed by atoms with van der Waals surface area (Å²) in [5.41, 5.74) is -1.99. The van der Waals surface area contributed by atoms with Gasteiger partial charge in [-0.3, -0.25) is 4.39 Å². The maximum Gasteiger partial charge on any atom is 0.399 e. The largest absolute Gasteiger partial charge is 0.479 e. The third kappa shape index (κ3) is 4.42. The summed E-state index contributed by atoms with van der Waals surface area (Å²) in [4.78, 5) is 0. The van der Waals surface area contributed by atoms with Crippen LogP contribution >= 0.6 is 0 Å². The minimum atomic E-state index is -3.65. The summed E-state index contributed by atoms with van der Waals surface area (Å²) in [5.74, 6) is 0.110. The Balaban J connectivity index is 5.32. The van der Waals surface area contributed by atoms with Gasteiger partial charge in [-0.15, -0.1) is 6.58 Å². The SMILES string of the molecule is C=CCC(OC(=C)C)(C(=C)C)C(F)(F)OCCCF. The van der Waals surface area contributed by atoms with Gasteiger partial charge in [0.05, 0.1) is 19.0 Å². The summed E-state index contributed by atoms with van der Waals surface area (Å²) in [5, 5.41) is 0. The van der Waals surface area contributed by atoms with E-state index in [9.17, 15) is 13.2 Å². The summed E-state index contributed by atoms with van der Waals surface area (Å²) >= 11 is 0. The van der Waals surface area contributed by atoms with Crippen LogP contribution in [-0.2, 0) is 9.47 Å². The molecule has 1 atom stereocenters. The molecule has 0 aromatic rings. The van der Waals surface area contributed by atoms with E-state index in [4.69, 9.17) is 4.74 Å². The molecule has 0 bridgehead atoms. The molecule has 5 heteroatoms. The molecule has 0 aliphatic rings. The van der Waals surface area contributed by atoms with Crippen molar-refractivity contribution >= 4 is 0 Å². The van der Waals surface area contributed by atoms with Crippen molar-refractivity contribution in [2.45, 2.75) is 38.4 Å². The van der Waals surface area contributed by atoms with Gasteiger partial charge >= 0.3 is 6.11 Å². The fourth-order valence-electron chi connectivity index (χ4n) is 1.60. The van der Waals surface area contributed by atoms with Crippen molar-refractivity contribution in [3.63, 3.8) is 0 Å². The monoisotopic (exact) mass is 278 g/mol. The smallest absolute Gasteiger partial charge is 0.399 e. The van der Waals surface area contributed by atoms with Gasteiger partial charge in [-0.1, -0.05) is 19.2 Å². The Bertz CT molecular complexity index is 340. The normalized spacial score (nSPS) is 14.6. The second-order valence-corrected chi connectivity index (χ2v) is 4.31. The van der Waals surface area contributed by atoms with Gasteiger partial charge in [0.25, 0.3) is 0 Å². The van der Waals surface area contributed by atoms with E-state index in [1.807, 2.05) is 0 Å². The van der Waals surface area contributed by atoms with E-state index in [0.29, 0.717) is 0 Å². The predicted molar refractivity (Wildman–Crippen MR) is 69.7 cm³/mol. The van der Waals surface area contributed by atoms with E-state index < -0.39 is 25.0 Å². The molecule has 0 spiro atoms. The van der Waals surface area contributed by atoms with Gasteiger partial charge in [0.15, 0.2) is 0 Å². The molecule has 0 saturated heterocycles.